The second-order valence-corrected chi connectivity index (χ2v) is 2.53. The Kier molecular flexibility index (Phi) is 2.95. The minimum atomic E-state index is -1.99. The van der Waals surface area contributed by atoms with E-state index in [2.05, 4.69) is 9.97 Å². The van der Waals surface area contributed by atoms with Crippen molar-refractivity contribution in [3.8, 4) is 5.75 Å². The predicted molar refractivity (Wildman–Crippen MR) is 42.3 cm³/mol. The smallest absolute Gasteiger partial charge is 0.335 e. The highest BCUT2D eigenvalue weighted by Crippen LogP contribution is 2.13. The number of carbonyl (C=O) groups is 1. The van der Waals surface area contributed by atoms with E-state index in [1.807, 2.05) is 0 Å². The van der Waals surface area contributed by atoms with Crippen molar-refractivity contribution in [1.82, 2.24) is 9.97 Å². The first kappa shape index (κ1) is 10.4. The van der Waals surface area contributed by atoms with Crippen molar-refractivity contribution in [1.29, 1.82) is 0 Å². The van der Waals surface area contributed by atoms with Gasteiger partial charge in [0.1, 0.15) is 0 Å². The van der Waals surface area contributed by atoms with Gasteiger partial charge in [0.15, 0.2) is 23.8 Å². The Morgan fingerprint density at radius 3 is 2.21 bits per heavy atom. The summed E-state index contributed by atoms with van der Waals surface area (Å²) in [6.45, 7) is 0. The molecule has 0 saturated carbocycles. The Bertz CT molecular complexity index is 325. The Hall–Kier alpha value is -1.73. The van der Waals surface area contributed by atoms with E-state index in [4.69, 9.17) is 15.3 Å². The average molecular weight is 200 g/mol. The largest absolute Gasteiger partial charge is 0.505 e. The molecule has 0 fully saturated rings. The van der Waals surface area contributed by atoms with E-state index in [1.165, 1.54) is 0 Å². The second-order valence-electron chi connectivity index (χ2n) is 2.53. The second kappa shape index (κ2) is 3.99. The number of hydrogen-bond acceptors (Lipinski definition) is 6. The minimum absolute atomic E-state index is 0.217. The molecule has 0 spiro atoms. The molecule has 2 unspecified atom stereocenters. The van der Waals surface area contributed by atoms with Gasteiger partial charge in [-0.05, 0) is 0 Å². The predicted octanol–water partition coefficient (Wildman–Crippen LogP) is -1.34. The first-order chi connectivity index (χ1) is 6.52. The number of aromatic nitrogens is 2. The standard InChI is InChI=1S/C7H8N2O5/c10-3-1-8-6(9-2-3)4(11)5(12)7(13)14/h1-2,4-5,10-12H,(H,13,14). The van der Waals surface area contributed by atoms with Crippen molar-refractivity contribution < 1.29 is 25.2 Å². The number of aliphatic hydroxyl groups is 2. The molecule has 14 heavy (non-hydrogen) atoms. The van der Waals surface area contributed by atoms with Gasteiger partial charge >= 0.3 is 5.97 Å². The molecule has 0 aliphatic carbocycles. The van der Waals surface area contributed by atoms with Crippen LogP contribution in [0.25, 0.3) is 0 Å². The molecule has 0 bridgehead atoms. The molecule has 0 aliphatic heterocycles. The fourth-order valence-corrected chi connectivity index (χ4v) is 0.760. The summed E-state index contributed by atoms with van der Waals surface area (Å²) in [6, 6.07) is 0. The Morgan fingerprint density at radius 2 is 1.79 bits per heavy atom. The lowest BCUT2D eigenvalue weighted by atomic mass is 10.2. The van der Waals surface area contributed by atoms with Gasteiger partial charge < -0.3 is 20.4 Å². The lowest BCUT2D eigenvalue weighted by Gasteiger charge is -2.11. The fraction of sp³-hybridized carbons (Fsp3) is 0.286. The number of rotatable bonds is 3. The third-order valence-corrected chi connectivity index (χ3v) is 1.47. The van der Waals surface area contributed by atoms with Crippen molar-refractivity contribution >= 4 is 5.97 Å². The first-order valence-corrected chi connectivity index (χ1v) is 3.62. The van der Waals surface area contributed by atoms with Gasteiger partial charge in [0.05, 0.1) is 12.4 Å². The molecule has 0 aliphatic rings. The van der Waals surface area contributed by atoms with Gasteiger partial charge in [-0.1, -0.05) is 0 Å². The Labute approximate surface area is 78.3 Å². The van der Waals surface area contributed by atoms with Crippen LogP contribution in [0.1, 0.15) is 11.9 Å². The van der Waals surface area contributed by atoms with Crippen LogP contribution in [-0.4, -0.2) is 42.5 Å². The van der Waals surface area contributed by atoms with E-state index in [0.717, 1.165) is 12.4 Å². The van der Waals surface area contributed by atoms with Crippen molar-refractivity contribution in [2.45, 2.75) is 12.2 Å². The van der Waals surface area contributed by atoms with Gasteiger partial charge in [0, 0.05) is 0 Å². The summed E-state index contributed by atoms with van der Waals surface area (Å²) in [5.74, 6) is -2.06. The summed E-state index contributed by atoms with van der Waals surface area (Å²) < 4.78 is 0. The van der Waals surface area contributed by atoms with E-state index in [1.54, 1.807) is 0 Å². The molecule has 1 aromatic heterocycles. The lowest BCUT2D eigenvalue weighted by Crippen LogP contribution is -2.28. The van der Waals surface area contributed by atoms with Crippen LogP contribution in [0.4, 0.5) is 0 Å². The summed E-state index contributed by atoms with van der Waals surface area (Å²) in [7, 11) is 0. The Balaban J connectivity index is 2.84. The van der Waals surface area contributed by atoms with Gasteiger partial charge in [0.2, 0.25) is 0 Å². The quantitative estimate of drug-likeness (QED) is 0.476. The van der Waals surface area contributed by atoms with Crippen molar-refractivity contribution in [2.75, 3.05) is 0 Å². The molecule has 7 heteroatoms. The van der Waals surface area contributed by atoms with Crippen LogP contribution in [-0.2, 0) is 4.79 Å². The molecule has 0 radical (unpaired) electrons. The summed E-state index contributed by atoms with van der Waals surface area (Å²) in [6.07, 6.45) is -1.73. The maximum Gasteiger partial charge on any atom is 0.335 e. The summed E-state index contributed by atoms with van der Waals surface area (Å²) >= 11 is 0. The minimum Gasteiger partial charge on any atom is -0.505 e. The summed E-state index contributed by atoms with van der Waals surface area (Å²) in [5.41, 5.74) is 0. The van der Waals surface area contributed by atoms with Crippen LogP contribution < -0.4 is 0 Å². The molecule has 4 N–H and O–H groups in total. The number of hydrogen-bond donors (Lipinski definition) is 4. The number of carboxylic acids is 1. The van der Waals surface area contributed by atoms with Crippen LogP contribution in [0.5, 0.6) is 5.75 Å². The first-order valence-electron chi connectivity index (χ1n) is 3.62. The zero-order valence-corrected chi connectivity index (χ0v) is 6.90. The zero-order valence-electron chi connectivity index (χ0n) is 6.90. The third-order valence-electron chi connectivity index (χ3n) is 1.47. The molecule has 2 atom stereocenters. The van der Waals surface area contributed by atoms with Crippen LogP contribution >= 0.6 is 0 Å². The normalized spacial score (nSPS) is 14.7. The SMILES string of the molecule is O=C(O)C(O)C(O)c1ncc(O)cn1. The van der Waals surface area contributed by atoms with Gasteiger partial charge in [-0.2, -0.15) is 0 Å². The molecule has 0 aromatic carbocycles. The molecule has 76 valence electrons. The maximum absolute atomic E-state index is 10.3. The highest BCUT2D eigenvalue weighted by molar-refractivity contribution is 5.72. The van der Waals surface area contributed by atoms with Crippen molar-refractivity contribution in [3.63, 3.8) is 0 Å². The molecule has 1 aromatic rings. The van der Waals surface area contributed by atoms with Gasteiger partial charge in [-0.3, -0.25) is 0 Å². The summed E-state index contributed by atoms with van der Waals surface area (Å²) in [5, 5.41) is 35.3. The van der Waals surface area contributed by atoms with Gasteiger partial charge in [-0.25, -0.2) is 14.8 Å². The van der Waals surface area contributed by atoms with Gasteiger partial charge in [-0.15, -0.1) is 0 Å². The van der Waals surface area contributed by atoms with Crippen LogP contribution in [0.2, 0.25) is 0 Å². The number of aliphatic hydroxyl groups excluding tert-OH is 2. The van der Waals surface area contributed by atoms with Crippen LogP contribution in [0.15, 0.2) is 12.4 Å². The van der Waals surface area contributed by atoms with Crippen molar-refractivity contribution in [2.24, 2.45) is 0 Å². The number of aliphatic carboxylic acids is 1. The highest BCUT2D eigenvalue weighted by atomic mass is 16.4. The van der Waals surface area contributed by atoms with E-state index in [-0.39, 0.29) is 11.6 Å². The molecule has 0 amide bonds. The van der Waals surface area contributed by atoms with Gasteiger partial charge in [0.25, 0.3) is 0 Å². The van der Waals surface area contributed by atoms with Crippen LogP contribution in [0, 0.1) is 0 Å². The molecule has 1 heterocycles. The monoisotopic (exact) mass is 200 g/mol. The van der Waals surface area contributed by atoms with E-state index in [9.17, 15) is 9.90 Å². The van der Waals surface area contributed by atoms with E-state index >= 15 is 0 Å². The fourth-order valence-electron chi connectivity index (χ4n) is 0.760. The zero-order chi connectivity index (χ0) is 10.7. The molecular weight excluding hydrogens is 192 g/mol. The molecule has 0 saturated heterocycles. The molecular formula is C7H8N2O5. The number of nitrogens with zero attached hydrogens (tertiary/aromatic N) is 2. The van der Waals surface area contributed by atoms with E-state index in [0.29, 0.717) is 0 Å². The molecule has 1 rings (SSSR count). The molecule has 7 nitrogen and oxygen atoms in total. The summed E-state index contributed by atoms with van der Waals surface area (Å²) in [4.78, 5) is 17.2. The third kappa shape index (κ3) is 2.15. The highest BCUT2D eigenvalue weighted by Gasteiger charge is 2.27. The Morgan fingerprint density at radius 1 is 1.29 bits per heavy atom. The topological polar surface area (TPSA) is 124 Å². The van der Waals surface area contributed by atoms with Crippen LogP contribution in [0.3, 0.4) is 0 Å². The van der Waals surface area contributed by atoms with E-state index < -0.39 is 18.2 Å². The lowest BCUT2D eigenvalue weighted by molar-refractivity contribution is -0.153. The maximum atomic E-state index is 10.3. The average Bonchev–Trinajstić information content (AvgIpc) is 2.16. The number of carboxylic acid groups (broad SMARTS) is 1. The van der Waals surface area contributed by atoms with Crippen molar-refractivity contribution in [3.05, 3.63) is 18.2 Å². The number of aromatic hydroxyl groups is 1.